The highest BCUT2D eigenvalue weighted by Crippen LogP contribution is 2.25. The summed E-state index contributed by atoms with van der Waals surface area (Å²) in [4.78, 5) is 17.4. The van der Waals surface area contributed by atoms with Crippen molar-refractivity contribution in [1.82, 2.24) is 9.80 Å². The van der Waals surface area contributed by atoms with Crippen molar-refractivity contribution in [3.05, 3.63) is 35.9 Å². The van der Waals surface area contributed by atoms with Crippen LogP contribution in [0, 0.1) is 11.8 Å². The minimum Gasteiger partial charge on any atom is -0.342 e. The lowest BCUT2D eigenvalue weighted by Crippen LogP contribution is -2.38. The second kappa shape index (κ2) is 7.45. The Bertz CT molecular complexity index is 513. The molecule has 1 aromatic carbocycles. The van der Waals surface area contributed by atoms with Gasteiger partial charge in [0, 0.05) is 25.7 Å². The normalized spacial score (nSPS) is 24.8. The Hall–Kier alpha value is -1.39. The SMILES string of the molecule is CC(C(=O)N1CCC(CN2CCCC2)C1)C(N)c1ccccc1. The van der Waals surface area contributed by atoms with Crippen LogP contribution >= 0.6 is 0 Å². The Kier molecular flexibility index (Phi) is 5.34. The minimum atomic E-state index is -0.221. The van der Waals surface area contributed by atoms with Gasteiger partial charge in [-0.25, -0.2) is 0 Å². The van der Waals surface area contributed by atoms with Gasteiger partial charge >= 0.3 is 0 Å². The predicted octanol–water partition coefficient (Wildman–Crippen LogP) is 2.27. The third kappa shape index (κ3) is 3.93. The van der Waals surface area contributed by atoms with E-state index in [-0.39, 0.29) is 17.9 Å². The van der Waals surface area contributed by atoms with Gasteiger partial charge in [-0.2, -0.15) is 0 Å². The monoisotopic (exact) mass is 315 g/mol. The highest BCUT2D eigenvalue weighted by atomic mass is 16.2. The lowest BCUT2D eigenvalue weighted by Gasteiger charge is -2.26. The molecule has 0 aliphatic carbocycles. The van der Waals surface area contributed by atoms with Crippen molar-refractivity contribution >= 4 is 5.91 Å². The number of nitrogens with two attached hydrogens (primary N) is 1. The summed E-state index contributed by atoms with van der Waals surface area (Å²) in [5, 5.41) is 0. The number of amides is 1. The fourth-order valence-electron chi connectivity index (χ4n) is 3.92. The summed E-state index contributed by atoms with van der Waals surface area (Å²) in [6.45, 7) is 7.39. The molecule has 0 radical (unpaired) electrons. The average molecular weight is 315 g/mol. The van der Waals surface area contributed by atoms with Crippen LogP contribution in [-0.2, 0) is 4.79 Å². The zero-order valence-corrected chi connectivity index (χ0v) is 14.2. The van der Waals surface area contributed by atoms with E-state index in [1.165, 1.54) is 25.9 Å². The van der Waals surface area contributed by atoms with E-state index < -0.39 is 0 Å². The fourth-order valence-corrected chi connectivity index (χ4v) is 3.92. The second-order valence-electron chi connectivity index (χ2n) is 7.17. The molecule has 0 spiro atoms. The number of rotatable bonds is 5. The smallest absolute Gasteiger partial charge is 0.227 e. The van der Waals surface area contributed by atoms with Crippen LogP contribution in [-0.4, -0.2) is 48.4 Å². The van der Waals surface area contributed by atoms with Crippen LogP contribution in [0.3, 0.4) is 0 Å². The Morgan fingerprint density at radius 1 is 1.22 bits per heavy atom. The van der Waals surface area contributed by atoms with Crippen LogP contribution < -0.4 is 5.73 Å². The molecule has 23 heavy (non-hydrogen) atoms. The number of carbonyl (C=O) groups is 1. The number of carbonyl (C=O) groups excluding carboxylic acids is 1. The molecular formula is C19H29N3O. The molecule has 2 N–H and O–H groups in total. The molecule has 4 heteroatoms. The molecule has 0 bridgehead atoms. The quantitative estimate of drug-likeness (QED) is 0.907. The van der Waals surface area contributed by atoms with E-state index in [9.17, 15) is 4.79 Å². The summed E-state index contributed by atoms with van der Waals surface area (Å²) in [6.07, 6.45) is 3.80. The number of likely N-dealkylation sites (tertiary alicyclic amines) is 2. The topological polar surface area (TPSA) is 49.6 Å². The summed E-state index contributed by atoms with van der Waals surface area (Å²) in [7, 11) is 0. The zero-order valence-electron chi connectivity index (χ0n) is 14.2. The zero-order chi connectivity index (χ0) is 16.2. The van der Waals surface area contributed by atoms with Crippen molar-refractivity contribution in [2.45, 2.75) is 32.2 Å². The molecule has 126 valence electrons. The van der Waals surface area contributed by atoms with Crippen LogP contribution in [0.25, 0.3) is 0 Å². The van der Waals surface area contributed by atoms with E-state index in [4.69, 9.17) is 5.73 Å². The summed E-state index contributed by atoms with van der Waals surface area (Å²) < 4.78 is 0. The van der Waals surface area contributed by atoms with Gasteiger partial charge < -0.3 is 15.5 Å². The van der Waals surface area contributed by atoms with Crippen molar-refractivity contribution in [2.75, 3.05) is 32.7 Å². The minimum absolute atomic E-state index is 0.164. The Morgan fingerprint density at radius 3 is 2.61 bits per heavy atom. The average Bonchev–Trinajstić information content (AvgIpc) is 3.26. The van der Waals surface area contributed by atoms with E-state index in [0.29, 0.717) is 5.92 Å². The van der Waals surface area contributed by atoms with Crippen LogP contribution in [0.15, 0.2) is 30.3 Å². The second-order valence-corrected chi connectivity index (χ2v) is 7.17. The standard InChI is InChI=1S/C19H29N3O/c1-15(18(20)17-7-3-2-4-8-17)19(23)22-12-9-16(14-22)13-21-10-5-6-11-21/h2-4,7-8,15-16,18H,5-6,9-14,20H2,1H3. The predicted molar refractivity (Wildman–Crippen MR) is 92.9 cm³/mol. The molecule has 2 aliphatic rings. The summed E-state index contributed by atoms with van der Waals surface area (Å²) in [6, 6.07) is 9.74. The van der Waals surface area contributed by atoms with Crippen molar-refractivity contribution in [3.63, 3.8) is 0 Å². The number of hydrogen-bond donors (Lipinski definition) is 1. The summed E-state index contributed by atoms with van der Waals surface area (Å²) >= 11 is 0. The molecule has 4 nitrogen and oxygen atoms in total. The molecule has 3 unspecified atom stereocenters. The third-order valence-electron chi connectivity index (χ3n) is 5.43. The van der Waals surface area contributed by atoms with Gasteiger partial charge in [0.15, 0.2) is 0 Å². The van der Waals surface area contributed by atoms with Gasteiger partial charge in [-0.15, -0.1) is 0 Å². The molecule has 1 aromatic rings. The molecule has 3 rings (SSSR count). The van der Waals surface area contributed by atoms with E-state index in [1.807, 2.05) is 42.2 Å². The number of benzene rings is 1. The highest BCUT2D eigenvalue weighted by molar-refractivity contribution is 5.79. The lowest BCUT2D eigenvalue weighted by atomic mass is 9.94. The Morgan fingerprint density at radius 2 is 1.91 bits per heavy atom. The first kappa shape index (κ1) is 16.5. The maximum absolute atomic E-state index is 12.8. The summed E-state index contributed by atoms with van der Waals surface area (Å²) in [5.74, 6) is 0.686. The third-order valence-corrected chi connectivity index (χ3v) is 5.43. The van der Waals surface area contributed by atoms with Gasteiger partial charge in [0.1, 0.15) is 0 Å². The van der Waals surface area contributed by atoms with Gasteiger partial charge in [-0.05, 0) is 43.8 Å². The van der Waals surface area contributed by atoms with E-state index >= 15 is 0 Å². The van der Waals surface area contributed by atoms with E-state index in [0.717, 1.165) is 31.6 Å². The lowest BCUT2D eigenvalue weighted by molar-refractivity contribution is -0.134. The van der Waals surface area contributed by atoms with Crippen molar-refractivity contribution in [3.8, 4) is 0 Å². The van der Waals surface area contributed by atoms with Gasteiger partial charge in [0.05, 0.1) is 5.92 Å². The Labute approximate surface area is 139 Å². The Balaban J connectivity index is 1.53. The van der Waals surface area contributed by atoms with Gasteiger partial charge in [-0.1, -0.05) is 37.3 Å². The maximum atomic E-state index is 12.8. The van der Waals surface area contributed by atoms with Crippen LogP contribution in [0.1, 0.15) is 37.8 Å². The molecule has 2 saturated heterocycles. The highest BCUT2D eigenvalue weighted by Gasteiger charge is 2.32. The van der Waals surface area contributed by atoms with Gasteiger partial charge in [0.25, 0.3) is 0 Å². The number of nitrogens with zero attached hydrogens (tertiary/aromatic N) is 2. The fraction of sp³-hybridized carbons (Fsp3) is 0.632. The van der Waals surface area contributed by atoms with Crippen molar-refractivity contribution in [1.29, 1.82) is 0 Å². The van der Waals surface area contributed by atoms with Crippen LogP contribution in [0.5, 0.6) is 0 Å². The van der Waals surface area contributed by atoms with Crippen molar-refractivity contribution in [2.24, 2.45) is 17.6 Å². The first-order valence-electron chi connectivity index (χ1n) is 8.97. The molecule has 0 aromatic heterocycles. The van der Waals surface area contributed by atoms with E-state index in [1.54, 1.807) is 0 Å². The molecule has 2 aliphatic heterocycles. The first-order valence-corrected chi connectivity index (χ1v) is 8.97. The molecular weight excluding hydrogens is 286 g/mol. The largest absolute Gasteiger partial charge is 0.342 e. The first-order chi connectivity index (χ1) is 11.1. The number of hydrogen-bond acceptors (Lipinski definition) is 3. The van der Waals surface area contributed by atoms with Crippen LogP contribution in [0.2, 0.25) is 0 Å². The van der Waals surface area contributed by atoms with E-state index in [2.05, 4.69) is 4.90 Å². The van der Waals surface area contributed by atoms with Crippen molar-refractivity contribution < 1.29 is 4.79 Å². The van der Waals surface area contributed by atoms with Gasteiger partial charge in [0.2, 0.25) is 5.91 Å². The maximum Gasteiger partial charge on any atom is 0.227 e. The molecule has 0 saturated carbocycles. The van der Waals surface area contributed by atoms with Crippen LogP contribution in [0.4, 0.5) is 0 Å². The van der Waals surface area contributed by atoms with Gasteiger partial charge in [-0.3, -0.25) is 4.79 Å². The molecule has 2 heterocycles. The molecule has 3 atom stereocenters. The summed E-state index contributed by atoms with van der Waals surface area (Å²) in [5.41, 5.74) is 7.36. The molecule has 2 fully saturated rings. The molecule has 1 amide bonds.